The molecule has 1 rings (SSSR count). The Morgan fingerprint density at radius 3 is 2.00 bits per heavy atom. The molecule has 19 heavy (non-hydrogen) atoms. The van der Waals surface area contributed by atoms with Crippen molar-refractivity contribution >= 4 is 5.91 Å². The molecule has 5 heteroatoms. The number of amides is 1. The first kappa shape index (κ1) is 15.5. The number of alkyl halides is 3. The largest absolute Gasteiger partial charge is 0.416 e. The minimum atomic E-state index is -4.43. The summed E-state index contributed by atoms with van der Waals surface area (Å²) in [4.78, 5) is 11.7. The molecule has 106 valence electrons. The average Bonchev–Trinajstić information content (AvgIpc) is 2.27. The van der Waals surface area contributed by atoms with Crippen LogP contribution in [0.25, 0.3) is 0 Å². The Morgan fingerprint density at radius 2 is 1.58 bits per heavy atom. The second-order valence-corrected chi connectivity index (χ2v) is 5.31. The number of rotatable bonds is 3. The van der Waals surface area contributed by atoms with E-state index in [0.717, 1.165) is 6.07 Å². The van der Waals surface area contributed by atoms with E-state index >= 15 is 0 Å². The van der Waals surface area contributed by atoms with Gasteiger partial charge in [0.1, 0.15) is 0 Å². The molecule has 0 bridgehead atoms. The summed E-state index contributed by atoms with van der Waals surface area (Å²) in [6.07, 6.45) is -4.43. The Balaban J connectivity index is 3.18. The van der Waals surface area contributed by atoms with Gasteiger partial charge >= 0.3 is 6.18 Å². The van der Waals surface area contributed by atoms with Crippen LogP contribution in [0.1, 0.15) is 38.8 Å². The molecule has 0 aliphatic heterocycles. The lowest BCUT2D eigenvalue weighted by molar-refractivity contribution is -0.139. The van der Waals surface area contributed by atoms with Crippen molar-refractivity contribution < 1.29 is 18.0 Å². The van der Waals surface area contributed by atoms with Crippen molar-refractivity contribution in [2.75, 3.05) is 0 Å². The van der Waals surface area contributed by atoms with E-state index in [-0.39, 0.29) is 17.4 Å². The summed E-state index contributed by atoms with van der Waals surface area (Å²) in [7, 11) is 0. The Kier molecular flexibility index (Phi) is 4.28. The zero-order valence-electron chi connectivity index (χ0n) is 11.4. The van der Waals surface area contributed by atoms with Gasteiger partial charge in [-0.15, -0.1) is 0 Å². The van der Waals surface area contributed by atoms with Crippen LogP contribution in [0.3, 0.4) is 0 Å². The molecule has 0 saturated heterocycles. The van der Waals surface area contributed by atoms with Gasteiger partial charge < -0.3 is 5.32 Å². The summed E-state index contributed by atoms with van der Waals surface area (Å²) in [5.74, 6) is -0.556. The zero-order valence-corrected chi connectivity index (χ0v) is 11.4. The molecule has 1 aromatic carbocycles. The van der Waals surface area contributed by atoms with Crippen LogP contribution in [0.4, 0.5) is 13.2 Å². The van der Waals surface area contributed by atoms with Gasteiger partial charge in [-0.05, 0) is 25.5 Å². The van der Waals surface area contributed by atoms with Crippen LogP contribution < -0.4 is 5.32 Å². The van der Waals surface area contributed by atoms with Crippen molar-refractivity contribution in [3.8, 4) is 0 Å². The first-order chi connectivity index (χ1) is 8.55. The first-order valence-electron chi connectivity index (χ1n) is 6.04. The third kappa shape index (κ3) is 3.72. The molecule has 0 saturated carbocycles. The maximum absolute atomic E-state index is 13.0. The highest BCUT2D eigenvalue weighted by molar-refractivity contribution is 5.78. The van der Waals surface area contributed by atoms with Gasteiger partial charge in [-0.3, -0.25) is 4.79 Å². The number of benzene rings is 1. The van der Waals surface area contributed by atoms with Crippen molar-refractivity contribution in [1.82, 2.24) is 5.32 Å². The topological polar surface area (TPSA) is 29.1 Å². The molecular weight excluding hydrogens is 255 g/mol. The van der Waals surface area contributed by atoms with Gasteiger partial charge in [-0.25, -0.2) is 0 Å². The molecular formula is C14H18F3NO. The van der Waals surface area contributed by atoms with Crippen molar-refractivity contribution in [3.05, 3.63) is 35.4 Å². The third-order valence-electron chi connectivity index (χ3n) is 2.87. The van der Waals surface area contributed by atoms with Crippen molar-refractivity contribution in [1.29, 1.82) is 0 Å². The first-order valence-corrected chi connectivity index (χ1v) is 6.04. The van der Waals surface area contributed by atoms with E-state index in [2.05, 4.69) is 5.32 Å². The minimum absolute atomic E-state index is 0.0662. The lowest BCUT2D eigenvalue weighted by atomic mass is 9.89. The monoisotopic (exact) mass is 273 g/mol. The van der Waals surface area contributed by atoms with Crippen LogP contribution in [0.2, 0.25) is 0 Å². The fourth-order valence-corrected chi connectivity index (χ4v) is 1.79. The van der Waals surface area contributed by atoms with Crippen molar-refractivity contribution in [2.24, 2.45) is 5.92 Å². The fourth-order valence-electron chi connectivity index (χ4n) is 1.79. The summed E-state index contributed by atoms with van der Waals surface area (Å²) in [6, 6.07) is 5.29. The van der Waals surface area contributed by atoms with Gasteiger partial charge in [0.25, 0.3) is 0 Å². The Labute approximate surface area is 111 Å². The molecule has 0 aliphatic carbocycles. The van der Waals surface area contributed by atoms with Crippen LogP contribution >= 0.6 is 0 Å². The van der Waals surface area contributed by atoms with Gasteiger partial charge in [-0.2, -0.15) is 13.2 Å². The molecule has 0 spiro atoms. The minimum Gasteiger partial charge on any atom is -0.347 e. The summed E-state index contributed by atoms with van der Waals surface area (Å²) in [5.41, 5.74) is -1.73. The molecule has 2 nitrogen and oxygen atoms in total. The van der Waals surface area contributed by atoms with Gasteiger partial charge in [-0.1, -0.05) is 32.0 Å². The summed E-state index contributed by atoms with van der Waals surface area (Å²) < 4.78 is 38.9. The van der Waals surface area contributed by atoms with Gasteiger partial charge in [0, 0.05) is 5.92 Å². The standard InChI is InChI=1S/C14H18F3NO/c1-9(2)12(19)18-13(3,4)10-7-5-6-8-11(10)14(15,16)17/h5-9H,1-4H3,(H,18,19). The number of halogens is 3. The number of nitrogens with one attached hydrogen (secondary N) is 1. The van der Waals surface area contributed by atoms with Gasteiger partial charge in [0.2, 0.25) is 5.91 Å². The second-order valence-electron chi connectivity index (χ2n) is 5.31. The predicted octanol–water partition coefficient (Wildman–Crippen LogP) is 3.71. The Hall–Kier alpha value is -1.52. The predicted molar refractivity (Wildman–Crippen MR) is 67.5 cm³/mol. The van der Waals surface area contributed by atoms with Crippen LogP contribution in [0.5, 0.6) is 0 Å². The Bertz CT molecular complexity index is 464. The quantitative estimate of drug-likeness (QED) is 0.893. The van der Waals surface area contributed by atoms with Crippen LogP contribution in [0.15, 0.2) is 24.3 Å². The molecule has 0 heterocycles. The summed E-state index contributed by atoms with van der Waals surface area (Å²) in [6.45, 7) is 6.53. The molecule has 0 unspecified atom stereocenters. The SMILES string of the molecule is CC(C)C(=O)NC(C)(C)c1ccccc1C(F)(F)F. The zero-order chi connectivity index (χ0) is 14.8. The molecule has 0 aromatic heterocycles. The number of carbonyl (C=O) groups is 1. The molecule has 0 fully saturated rings. The molecule has 0 aliphatic rings. The number of hydrogen-bond donors (Lipinski definition) is 1. The molecule has 1 aromatic rings. The second kappa shape index (κ2) is 5.23. The highest BCUT2D eigenvalue weighted by Gasteiger charge is 2.38. The van der Waals surface area contributed by atoms with Gasteiger partial charge in [0.15, 0.2) is 0 Å². The third-order valence-corrected chi connectivity index (χ3v) is 2.87. The van der Waals surface area contributed by atoms with E-state index in [9.17, 15) is 18.0 Å². The normalized spacial score (nSPS) is 12.6. The summed E-state index contributed by atoms with van der Waals surface area (Å²) in [5, 5.41) is 2.65. The lowest BCUT2D eigenvalue weighted by Crippen LogP contribution is -2.44. The van der Waals surface area contributed by atoms with E-state index in [0.29, 0.717) is 0 Å². The van der Waals surface area contributed by atoms with Gasteiger partial charge in [0.05, 0.1) is 11.1 Å². The Morgan fingerprint density at radius 1 is 1.11 bits per heavy atom. The molecule has 0 radical (unpaired) electrons. The van der Waals surface area contributed by atoms with Crippen molar-refractivity contribution in [3.63, 3.8) is 0 Å². The summed E-state index contributed by atoms with van der Waals surface area (Å²) >= 11 is 0. The highest BCUT2D eigenvalue weighted by atomic mass is 19.4. The molecule has 1 N–H and O–H groups in total. The lowest BCUT2D eigenvalue weighted by Gasteiger charge is -2.30. The maximum atomic E-state index is 13.0. The van der Waals surface area contributed by atoms with E-state index in [1.807, 2.05) is 0 Å². The number of hydrogen-bond acceptors (Lipinski definition) is 1. The fraction of sp³-hybridized carbons (Fsp3) is 0.500. The van der Waals surface area contributed by atoms with E-state index in [1.54, 1.807) is 27.7 Å². The van der Waals surface area contributed by atoms with Crippen LogP contribution in [0, 0.1) is 5.92 Å². The highest BCUT2D eigenvalue weighted by Crippen LogP contribution is 2.36. The van der Waals surface area contributed by atoms with Crippen LogP contribution in [-0.4, -0.2) is 5.91 Å². The molecule has 1 amide bonds. The van der Waals surface area contributed by atoms with Crippen LogP contribution in [-0.2, 0) is 16.5 Å². The van der Waals surface area contributed by atoms with E-state index in [4.69, 9.17) is 0 Å². The molecule has 0 atom stereocenters. The number of carbonyl (C=O) groups excluding carboxylic acids is 1. The average molecular weight is 273 g/mol. The maximum Gasteiger partial charge on any atom is 0.416 e. The smallest absolute Gasteiger partial charge is 0.347 e. The van der Waals surface area contributed by atoms with E-state index in [1.165, 1.54) is 18.2 Å². The van der Waals surface area contributed by atoms with E-state index < -0.39 is 17.3 Å². The van der Waals surface area contributed by atoms with Crippen molar-refractivity contribution in [2.45, 2.75) is 39.4 Å².